The van der Waals surface area contributed by atoms with Crippen molar-refractivity contribution in [3.8, 4) is 5.75 Å². The average molecular weight is 356 g/mol. The molecular formula is C20H24N2O4. The number of carbonyl (C=O) groups is 2. The summed E-state index contributed by atoms with van der Waals surface area (Å²) in [6.07, 6.45) is 0.761. The molecule has 6 heteroatoms. The van der Waals surface area contributed by atoms with Crippen LogP contribution in [0.15, 0.2) is 48.5 Å². The van der Waals surface area contributed by atoms with E-state index in [1.807, 2.05) is 31.2 Å². The van der Waals surface area contributed by atoms with E-state index in [-0.39, 0.29) is 18.4 Å². The summed E-state index contributed by atoms with van der Waals surface area (Å²) in [5.74, 6) is 0.273. The van der Waals surface area contributed by atoms with Crippen molar-refractivity contribution < 1.29 is 19.1 Å². The average Bonchev–Trinajstić information content (AvgIpc) is 2.65. The maximum atomic E-state index is 12.0. The number of hydrogen-bond acceptors (Lipinski definition) is 4. The van der Waals surface area contributed by atoms with Gasteiger partial charge in [-0.05, 0) is 49.2 Å². The lowest BCUT2D eigenvalue weighted by Gasteiger charge is -2.10. The zero-order valence-electron chi connectivity index (χ0n) is 15.1. The van der Waals surface area contributed by atoms with Crippen molar-refractivity contribution in [1.29, 1.82) is 0 Å². The first-order valence-corrected chi connectivity index (χ1v) is 8.45. The quantitative estimate of drug-likeness (QED) is 0.678. The molecule has 2 rings (SSSR count). The molecule has 0 aliphatic rings. The van der Waals surface area contributed by atoms with Crippen molar-refractivity contribution in [2.75, 3.05) is 32.2 Å². The van der Waals surface area contributed by atoms with E-state index in [0.29, 0.717) is 30.2 Å². The first-order valence-electron chi connectivity index (χ1n) is 8.45. The Balaban J connectivity index is 1.80. The largest absolute Gasteiger partial charge is 0.483 e. The van der Waals surface area contributed by atoms with Crippen LogP contribution in [-0.2, 0) is 9.53 Å². The molecule has 0 bridgehead atoms. The minimum atomic E-state index is -0.259. The second kappa shape index (κ2) is 10.2. The Kier molecular flexibility index (Phi) is 7.64. The van der Waals surface area contributed by atoms with Gasteiger partial charge in [-0.25, -0.2) is 0 Å². The van der Waals surface area contributed by atoms with Crippen molar-refractivity contribution >= 4 is 17.5 Å². The summed E-state index contributed by atoms with van der Waals surface area (Å²) >= 11 is 0. The molecule has 2 aromatic rings. The van der Waals surface area contributed by atoms with E-state index in [4.69, 9.17) is 9.47 Å². The zero-order chi connectivity index (χ0) is 18.8. The molecular weight excluding hydrogens is 332 g/mol. The highest BCUT2D eigenvalue weighted by atomic mass is 16.5. The van der Waals surface area contributed by atoms with E-state index in [9.17, 15) is 9.59 Å². The van der Waals surface area contributed by atoms with Gasteiger partial charge in [-0.3, -0.25) is 9.59 Å². The molecule has 0 atom stereocenters. The zero-order valence-corrected chi connectivity index (χ0v) is 15.1. The van der Waals surface area contributed by atoms with Crippen LogP contribution >= 0.6 is 0 Å². The van der Waals surface area contributed by atoms with Crippen LogP contribution in [0.2, 0.25) is 0 Å². The van der Waals surface area contributed by atoms with Crippen LogP contribution in [0.4, 0.5) is 5.69 Å². The van der Waals surface area contributed by atoms with Gasteiger partial charge in [-0.2, -0.15) is 0 Å². The first-order chi connectivity index (χ1) is 12.6. The molecule has 2 amide bonds. The number of rotatable bonds is 9. The van der Waals surface area contributed by atoms with E-state index >= 15 is 0 Å². The van der Waals surface area contributed by atoms with Gasteiger partial charge in [0, 0.05) is 31.5 Å². The summed E-state index contributed by atoms with van der Waals surface area (Å²) in [7, 11) is 1.63. The van der Waals surface area contributed by atoms with Gasteiger partial charge in [-0.1, -0.05) is 18.2 Å². The van der Waals surface area contributed by atoms with Crippen LogP contribution < -0.4 is 15.4 Å². The van der Waals surface area contributed by atoms with Gasteiger partial charge >= 0.3 is 0 Å². The Morgan fingerprint density at radius 2 is 1.77 bits per heavy atom. The lowest BCUT2D eigenvalue weighted by atomic mass is 10.2. The molecule has 0 saturated heterocycles. The molecule has 0 aliphatic carbocycles. The van der Waals surface area contributed by atoms with Gasteiger partial charge in [0.15, 0.2) is 6.61 Å². The number of para-hydroxylation sites is 1. The number of benzene rings is 2. The smallest absolute Gasteiger partial charge is 0.262 e. The molecule has 0 saturated carbocycles. The lowest BCUT2D eigenvalue weighted by Crippen LogP contribution is -2.25. The Bertz CT molecular complexity index is 729. The van der Waals surface area contributed by atoms with Gasteiger partial charge < -0.3 is 20.1 Å². The molecule has 0 aliphatic heterocycles. The molecule has 2 N–H and O–H groups in total. The number of hydrogen-bond donors (Lipinski definition) is 2. The molecule has 6 nitrogen and oxygen atoms in total. The summed E-state index contributed by atoms with van der Waals surface area (Å²) in [4.78, 5) is 24.0. The number of amides is 2. The van der Waals surface area contributed by atoms with E-state index < -0.39 is 0 Å². The second-order valence-corrected chi connectivity index (χ2v) is 5.78. The summed E-state index contributed by atoms with van der Waals surface area (Å²) in [6, 6.07) is 14.2. The number of anilines is 1. The van der Waals surface area contributed by atoms with Crippen LogP contribution in [0.25, 0.3) is 0 Å². The fourth-order valence-electron chi connectivity index (χ4n) is 2.28. The minimum Gasteiger partial charge on any atom is -0.483 e. The molecule has 0 radical (unpaired) electrons. The standard InChI is InChI=1S/C20H24N2O4/c1-15-6-3-4-7-18(15)26-14-19(23)22-17-10-8-16(9-11-17)20(24)21-12-5-13-25-2/h3-4,6-11H,5,12-14H2,1-2H3,(H,21,24)(H,22,23). The first kappa shape index (κ1) is 19.5. The van der Waals surface area contributed by atoms with Crippen LogP contribution in [-0.4, -0.2) is 38.7 Å². The Morgan fingerprint density at radius 3 is 2.46 bits per heavy atom. The summed E-state index contributed by atoms with van der Waals surface area (Å²) in [5.41, 5.74) is 2.12. The maximum Gasteiger partial charge on any atom is 0.262 e. The fraction of sp³-hybridized carbons (Fsp3) is 0.300. The number of carbonyl (C=O) groups excluding carboxylic acids is 2. The molecule has 138 valence electrons. The maximum absolute atomic E-state index is 12.0. The lowest BCUT2D eigenvalue weighted by molar-refractivity contribution is -0.118. The summed E-state index contributed by atoms with van der Waals surface area (Å²) in [6.45, 7) is 3.01. The van der Waals surface area contributed by atoms with Crippen LogP contribution in [0.3, 0.4) is 0 Å². The number of methoxy groups -OCH3 is 1. The molecule has 0 heterocycles. The van der Waals surface area contributed by atoms with E-state index in [1.165, 1.54) is 0 Å². The van der Waals surface area contributed by atoms with E-state index in [1.54, 1.807) is 31.4 Å². The Morgan fingerprint density at radius 1 is 1.04 bits per heavy atom. The van der Waals surface area contributed by atoms with Crippen molar-refractivity contribution in [3.05, 3.63) is 59.7 Å². The number of aryl methyl sites for hydroxylation is 1. The SMILES string of the molecule is COCCCNC(=O)c1ccc(NC(=O)COc2ccccc2C)cc1. The van der Waals surface area contributed by atoms with Crippen LogP contribution in [0, 0.1) is 6.92 Å². The van der Waals surface area contributed by atoms with Crippen molar-refractivity contribution in [1.82, 2.24) is 5.32 Å². The molecule has 26 heavy (non-hydrogen) atoms. The highest BCUT2D eigenvalue weighted by molar-refractivity contribution is 5.96. The van der Waals surface area contributed by atoms with Gasteiger partial charge in [-0.15, -0.1) is 0 Å². The Labute approximate surface area is 153 Å². The van der Waals surface area contributed by atoms with Gasteiger partial charge in [0.05, 0.1) is 0 Å². The van der Waals surface area contributed by atoms with Crippen molar-refractivity contribution in [3.63, 3.8) is 0 Å². The van der Waals surface area contributed by atoms with Crippen molar-refractivity contribution in [2.24, 2.45) is 0 Å². The highest BCUT2D eigenvalue weighted by Gasteiger charge is 2.07. The van der Waals surface area contributed by atoms with Gasteiger partial charge in [0.25, 0.3) is 11.8 Å². The third-order valence-electron chi connectivity index (χ3n) is 3.69. The summed E-state index contributed by atoms with van der Waals surface area (Å²) < 4.78 is 10.4. The van der Waals surface area contributed by atoms with Gasteiger partial charge in [0.1, 0.15) is 5.75 Å². The highest BCUT2D eigenvalue weighted by Crippen LogP contribution is 2.16. The predicted molar refractivity (Wildman–Crippen MR) is 101 cm³/mol. The van der Waals surface area contributed by atoms with Gasteiger partial charge in [0.2, 0.25) is 0 Å². The fourth-order valence-corrected chi connectivity index (χ4v) is 2.28. The molecule has 0 aromatic heterocycles. The third kappa shape index (κ3) is 6.22. The van der Waals surface area contributed by atoms with E-state index in [0.717, 1.165) is 12.0 Å². The molecule has 2 aromatic carbocycles. The molecule has 0 unspecified atom stereocenters. The summed E-state index contributed by atoms with van der Waals surface area (Å²) in [5, 5.41) is 5.56. The molecule has 0 spiro atoms. The van der Waals surface area contributed by atoms with Crippen molar-refractivity contribution in [2.45, 2.75) is 13.3 Å². The predicted octanol–water partition coefficient (Wildman–Crippen LogP) is 2.78. The second-order valence-electron chi connectivity index (χ2n) is 5.78. The van der Waals surface area contributed by atoms with E-state index in [2.05, 4.69) is 10.6 Å². The topological polar surface area (TPSA) is 76.7 Å². The monoisotopic (exact) mass is 356 g/mol. The normalized spacial score (nSPS) is 10.2. The number of nitrogens with one attached hydrogen (secondary N) is 2. The Hall–Kier alpha value is -2.86. The molecule has 0 fully saturated rings. The minimum absolute atomic E-state index is 0.0768. The third-order valence-corrected chi connectivity index (χ3v) is 3.69. The van der Waals surface area contributed by atoms with Crippen LogP contribution in [0.5, 0.6) is 5.75 Å². The van der Waals surface area contributed by atoms with Crippen LogP contribution in [0.1, 0.15) is 22.3 Å². The number of ether oxygens (including phenoxy) is 2.